The second-order valence-electron chi connectivity index (χ2n) is 3.18. The van der Waals surface area contributed by atoms with Gasteiger partial charge in [0, 0.05) is 17.6 Å². The number of hydrogen-bond donors (Lipinski definition) is 1. The van der Waals surface area contributed by atoms with Crippen molar-refractivity contribution in [2.75, 3.05) is 13.2 Å². The van der Waals surface area contributed by atoms with Crippen molar-refractivity contribution in [3.8, 4) is 5.75 Å². The van der Waals surface area contributed by atoms with E-state index in [1.54, 1.807) is 6.08 Å². The highest BCUT2D eigenvalue weighted by molar-refractivity contribution is 6.32. The first kappa shape index (κ1) is 13.4. The number of benzene rings is 1. The number of hydrogen-bond acceptors (Lipinski definition) is 2. The van der Waals surface area contributed by atoms with Gasteiger partial charge in [0.1, 0.15) is 12.4 Å². The van der Waals surface area contributed by atoms with Crippen molar-refractivity contribution < 1.29 is 4.74 Å². The van der Waals surface area contributed by atoms with Crippen LogP contribution in [0.15, 0.2) is 29.8 Å². The van der Waals surface area contributed by atoms with E-state index in [4.69, 9.17) is 27.9 Å². The van der Waals surface area contributed by atoms with Gasteiger partial charge in [-0.15, -0.1) is 0 Å². The van der Waals surface area contributed by atoms with Crippen LogP contribution in [0, 0.1) is 0 Å². The molecule has 88 valence electrons. The standard InChI is InChI=1S/C12H15Cl2NO/c1-2-15-9-10-5-3-6-11(14)12(10)16-8-4-7-13/h3-7,15H,2,8-9H2,1H3/b7-4+. The molecule has 2 nitrogen and oxygen atoms in total. The second kappa shape index (κ2) is 7.55. The van der Waals surface area contributed by atoms with Crippen LogP contribution in [-0.2, 0) is 6.54 Å². The third kappa shape index (κ3) is 4.05. The summed E-state index contributed by atoms with van der Waals surface area (Å²) >= 11 is 11.5. The highest BCUT2D eigenvalue weighted by Gasteiger charge is 2.06. The van der Waals surface area contributed by atoms with Gasteiger partial charge in [0.05, 0.1) is 5.02 Å². The van der Waals surface area contributed by atoms with Gasteiger partial charge < -0.3 is 10.1 Å². The van der Waals surface area contributed by atoms with Gasteiger partial charge in [-0.05, 0) is 18.7 Å². The first-order valence-electron chi connectivity index (χ1n) is 5.15. The van der Waals surface area contributed by atoms with Crippen LogP contribution in [0.2, 0.25) is 5.02 Å². The number of nitrogens with one attached hydrogen (secondary N) is 1. The zero-order valence-electron chi connectivity index (χ0n) is 9.17. The minimum Gasteiger partial charge on any atom is -0.488 e. The van der Waals surface area contributed by atoms with E-state index in [0.29, 0.717) is 11.6 Å². The molecule has 0 aliphatic carbocycles. The largest absolute Gasteiger partial charge is 0.488 e. The molecule has 1 N–H and O–H groups in total. The van der Waals surface area contributed by atoms with Crippen molar-refractivity contribution in [3.63, 3.8) is 0 Å². The van der Waals surface area contributed by atoms with E-state index in [9.17, 15) is 0 Å². The average Bonchev–Trinajstić information content (AvgIpc) is 2.29. The first-order chi connectivity index (χ1) is 7.79. The van der Waals surface area contributed by atoms with E-state index < -0.39 is 0 Å². The maximum atomic E-state index is 6.08. The zero-order valence-corrected chi connectivity index (χ0v) is 10.7. The zero-order chi connectivity index (χ0) is 11.8. The molecular formula is C12H15Cl2NO. The summed E-state index contributed by atoms with van der Waals surface area (Å²) < 4.78 is 5.56. The molecule has 0 atom stereocenters. The Balaban J connectivity index is 2.76. The smallest absolute Gasteiger partial charge is 0.142 e. The van der Waals surface area contributed by atoms with Crippen LogP contribution in [0.4, 0.5) is 0 Å². The summed E-state index contributed by atoms with van der Waals surface area (Å²) in [5, 5.41) is 3.86. The number of rotatable bonds is 6. The van der Waals surface area contributed by atoms with Gasteiger partial charge in [0.25, 0.3) is 0 Å². The lowest BCUT2D eigenvalue weighted by Gasteiger charge is -2.12. The van der Waals surface area contributed by atoms with E-state index >= 15 is 0 Å². The second-order valence-corrected chi connectivity index (χ2v) is 3.84. The van der Waals surface area contributed by atoms with Crippen LogP contribution in [0.1, 0.15) is 12.5 Å². The van der Waals surface area contributed by atoms with Gasteiger partial charge in [0.2, 0.25) is 0 Å². The van der Waals surface area contributed by atoms with E-state index in [1.807, 2.05) is 18.2 Å². The van der Waals surface area contributed by atoms with Crippen molar-refractivity contribution in [2.24, 2.45) is 0 Å². The molecule has 0 saturated carbocycles. The summed E-state index contributed by atoms with van der Waals surface area (Å²) in [6.45, 7) is 4.14. The lowest BCUT2D eigenvalue weighted by Crippen LogP contribution is -2.13. The predicted octanol–water partition coefficient (Wildman–Crippen LogP) is 3.58. The SMILES string of the molecule is CCNCc1cccc(Cl)c1OC/C=C/Cl. The molecule has 0 unspecified atom stereocenters. The molecule has 1 aromatic carbocycles. The minimum absolute atomic E-state index is 0.423. The summed E-state index contributed by atoms with van der Waals surface area (Å²) in [5.74, 6) is 0.722. The van der Waals surface area contributed by atoms with Crippen LogP contribution < -0.4 is 10.1 Å². The maximum Gasteiger partial charge on any atom is 0.142 e. The molecule has 0 aromatic heterocycles. The molecule has 0 bridgehead atoms. The monoisotopic (exact) mass is 259 g/mol. The fraction of sp³-hybridized carbons (Fsp3) is 0.333. The Morgan fingerprint density at radius 2 is 2.25 bits per heavy atom. The van der Waals surface area contributed by atoms with Gasteiger partial charge in [0.15, 0.2) is 0 Å². The van der Waals surface area contributed by atoms with Crippen LogP contribution in [0.25, 0.3) is 0 Å². The van der Waals surface area contributed by atoms with Crippen LogP contribution in [-0.4, -0.2) is 13.2 Å². The van der Waals surface area contributed by atoms with Gasteiger partial charge >= 0.3 is 0 Å². The first-order valence-corrected chi connectivity index (χ1v) is 5.97. The lowest BCUT2D eigenvalue weighted by atomic mass is 10.2. The minimum atomic E-state index is 0.423. The molecule has 0 radical (unpaired) electrons. The van der Waals surface area contributed by atoms with Gasteiger partial charge in [-0.2, -0.15) is 0 Å². The highest BCUT2D eigenvalue weighted by Crippen LogP contribution is 2.28. The molecular weight excluding hydrogens is 245 g/mol. The molecule has 0 aliphatic rings. The Labute approximate surface area is 106 Å². The summed E-state index contributed by atoms with van der Waals surface area (Å²) in [6, 6.07) is 5.73. The number of halogens is 2. The van der Waals surface area contributed by atoms with E-state index in [2.05, 4.69) is 12.2 Å². The van der Waals surface area contributed by atoms with Crippen LogP contribution >= 0.6 is 23.2 Å². The fourth-order valence-corrected chi connectivity index (χ4v) is 1.60. The summed E-state index contributed by atoms with van der Waals surface area (Å²) in [7, 11) is 0. The van der Waals surface area contributed by atoms with E-state index in [1.165, 1.54) is 5.54 Å². The molecule has 0 spiro atoms. The predicted molar refractivity (Wildman–Crippen MR) is 69.3 cm³/mol. The number of para-hydroxylation sites is 1. The molecule has 1 aromatic rings. The molecule has 0 fully saturated rings. The van der Waals surface area contributed by atoms with E-state index in [-0.39, 0.29) is 0 Å². The molecule has 0 aliphatic heterocycles. The molecule has 16 heavy (non-hydrogen) atoms. The average molecular weight is 260 g/mol. The molecule has 1 rings (SSSR count). The van der Waals surface area contributed by atoms with Crippen molar-refractivity contribution in [1.29, 1.82) is 0 Å². The third-order valence-electron chi connectivity index (χ3n) is 2.03. The summed E-state index contributed by atoms with van der Waals surface area (Å²) in [6.07, 6.45) is 1.72. The van der Waals surface area contributed by atoms with Gasteiger partial charge in [-0.1, -0.05) is 42.3 Å². The Morgan fingerprint density at radius 1 is 1.44 bits per heavy atom. The lowest BCUT2D eigenvalue weighted by molar-refractivity contribution is 0.358. The quantitative estimate of drug-likeness (QED) is 0.844. The summed E-state index contributed by atoms with van der Waals surface area (Å²) in [5.41, 5.74) is 2.48. The normalized spacial score (nSPS) is 10.9. The summed E-state index contributed by atoms with van der Waals surface area (Å²) in [4.78, 5) is 0. The number of ether oxygens (including phenoxy) is 1. The van der Waals surface area contributed by atoms with Crippen molar-refractivity contribution >= 4 is 23.2 Å². The molecule has 0 amide bonds. The Bertz CT molecular complexity index is 353. The van der Waals surface area contributed by atoms with Crippen molar-refractivity contribution in [3.05, 3.63) is 40.4 Å². The molecule has 4 heteroatoms. The van der Waals surface area contributed by atoms with Crippen molar-refractivity contribution in [1.82, 2.24) is 5.32 Å². The maximum absolute atomic E-state index is 6.08. The van der Waals surface area contributed by atoms with E-state index in [0.717, 1.165) is 24.4 Å². The Hall–Kier alpha value is -0.700. The topological polar surface area (TPSA) is 21.3 Å². The van der Waals surface area contributed by atoms with Crippen LogP contribution in [0.3, 0.4) is 0 Å². The highest BCUT2D eigenvalue weighted by atomic mass is 35.5. The van der Waals surface area contributed by atoms with Crippen LogP contribution in [0.5, 0.6) is 5.75 Å². The van der Waals surface area contributed by atoms with Crippen molar-refractivity contribution in [2.45, 2.75) is 13.5 Å². The molecule has 0 saturated heterocycles. The van der Waals surface area contributed by atoms with Gasteiger partial charge in [-0.3, -0.25) is 0 Å². The Kier molecular flexibility index (Phi) is 6.31. The fourth-order valence-electron chi connectivity index (χ4n) is 1.28. The third-order valence-corrected chi connectivity index (χ3v) is 2.50. The molecule has 0 heterocycles. The Morgan fingerprint density at radius 3 is 2.94 bits per heavy atom. The van der Waals surface area contributed by atoms with Gasteiger partial charge in [-0.25, -0.2) is 0 Å².